The van der Waals surface area contributed by atoms with Gasteiger partial charge < -0.3 is 30.4 Å². The first-order valence-corrected chi connectivity index (χ1v) is 16.7. The van der Waals surface area contributed by atoms with E-state index in [0.29, 0.717) is 57.5 Å². The molecular weight excluding hydrogens is 684 g/mol. The number of phenolic OH excluding ortho intramolecular Hbond substituents is 3. The Bertz CT molecular complexity index is 2520. The van der Waals surface area contributed by atoms with Crippen LogP contribution in [0.2, 0.25) is 5.02 Å². The van der Waals surface area contributed by atoms with Crippen LogP contribution in [-0.4, -0.2) is 44.3 Å². The Kier molecular flexibility index (Phi) is 9.20. The molecule has 260 valence electrons. The molecule has 52 heavy (non-hydrogen) atoms. The molecule has 11 nitrogen and oxygen atoms in total. The molecule has 2 aliphatic rings. The molecule has 1 aromatic heterocycles. The van der Waals surface area contributed by atoms with Crippen LogP contribution in [0.4, 0.5) is 0 Å². The van der Waals surface area contributed by atoms with Crippen molar-refractivity contribution in [3.63, 3.8) is 0 Å². The summed E-state index contributed by atoms with van der Waals surface area (Å²) in [5.41, 5.74) is 6.34. The molecule has 2 heterocycles. The van der Waals surface area contributed by atoms with Crippen molar-refractivity contribution in [1.29, 1.82) is 0 Å². The highest BCUT2D eigenvalue weighted by Crippen LogP contribution is 2.43. The first kappa shape index (κ1) is 34.0. The summed E-state index contributed by atoms with van der Waals surface area (Å²) in [5.74, 6) is -0.520. The number of H-pyrrole nitrogens is 1. The first-order chi connectivity index (χ1) is 25.1. The highest BCUT2D eigenvalue weighted by atomic mass is 35.5. The van der Waals surface area contributed by atoms with Gasteiger partial charge in [-0.2, -0.15) is 5.10 Å². The van der Waals surface area contributed by atoms with E-state index in [-0.39, 0.29) is 51.3 Å². The van der Waals surface area contributed by atoms with Gasteiger partial charge in [0.05, 0.1) is 10.7 Å². The molecule has 5 aromatic rings. The first-order valence-electron chi connectivity index (χ1n) is 16.3. The molecule has 1 aliphatic heterocycles. The molecule has 1 aliphatic carbocycles. The predicted octanol–water partition coefficient (Wildman–Crippen LogP) is 7.24. The number of aromatic hydroxyl groups is 3. The average molecular weight is 715 g/mol. The molecule has 7 rings (SSSR count). The number of nitrogens with zero attached hydrogens (tertiary/aromatic N) is 1. The van der Waals surface area contributed by atoms with Crippen molar-refractivity contribution in [1.82, 2.24) is 20.8 Å². The number of rotatable bonds is 10. The average Bonchev–Trinajstić information content (AvgIpc) is 3.56. The van der Waals surface area contributed by atoms with Crippen LogP contribution in [0.15, 0.2) is 100 Å². The highest BCUT2D eigenvalue weighted by Gasteiger charge is 2.22. The zero-order chi connectivity index (χ0) is 36.5. The van der Waals surface area contributed by atoms with Crippen molar-refractivity contribution in [2.75, 3.05) is 6.54 Å². The highest BCUT2D eigenvalue weighted by molar-refractivity contribution is 6.32. The monoisotopic (exact) mass is 714 g/mol. The van der Waals surface area contributed by atoms with Crippen molar-refractivity contribution < 1.29 is 29.3 Å². The van der Waals surface area contributed by atoms with E-state index in [2.05, 4.69) is 20.8 Å². The van der Waals surface area contributed by atoms with Gasteiger partial charge in [-0.3, -0.25) is 19.5 Å². The lowest BCUT2D eigenvalue weighted by atomic mass is 9.90. The number of nitrogens with one attached hydrogen (secondary N) is 3. The number of aromatic amines is 1. The zero-order valence-corrected chi connectivity index (χ0v) is 28.4. The molecule has 0 unspecified atom stereocenters. The minimum atomic E-state index is -0.387. The summed E-state index contributed by atoms with van der Waals surface area (Å²) in [6, 6.07) is 24.0. The molecular formula is C40H31ClN4O7. The van der Waals surface area contributed by atoms with E-state index in [1.54, 1.807) is 24.3 Å². The van der Waals surface area contributed by atoms with Crippen molar-refractivity contribution >= 4 is 34.8 Å². The van der Waals surface area contributed by atoms with Crippen LogP contribution in [0.5, 0.6) is 17.2 Å². The van der Waals surface area contributed by atoms with Crippen LogP contribution in [-0.2, 0) is 13.1 Å². The fourth-order valence-electron chi connectivity index (χ4n) is 6.25. The summed E-state index contributed by atoms with van der Waals surface area (Å²) in [5, 5.41) is 45.1. The minimum absolute atomic E-state index is 0.0166. The quantitative estimate of drug-likeness (QED) is 0.0629. The number of halogens is 1. The summed E-state index contributed by atoms with van der Waals surface area (Å²) in [6.07, 6.45) is 0.676. The number of amides is 1. The predicted molar refractivity (Wildman–Crippen MR) is 198 cm³/mol. The molecule has 0 radical (unpaired) electrons. The SMILES string of the molecule is CCNCc1[nH]nc(-c2cc(Cl)c(O)cc2O)c1-c1ccc(CNC(=O)c2ccc(-c3c4ccc(=O)cc-4oc4cc(O)ccc34)c(C=O)c2)cc1. The third-order valence-electron chi connectivity index (χ3n) is 8.80. The maximum atomic E-state index is 13.3. The summed E-state index contributed by atoms with van der Waals surface area (Å²) < 4.78 is 5.92. The molecule has 6 N–H and O–H groups in total. The van der Waals surface area contributed by atoms with E-state index in [4.69, 9.17) is 16.0 Å². The topological polar surface area (TPSA) is 178 Å². The van der Waals surface area contributed by atoms with Gasteiger partial charge in [-0.05, 0) is 65.7 Å². The Morgan fingerprint density at radius 3 is 2.42 bits per heavy atom. The summed E-state index contributed by atoms with van der Waals surface area (Å²) in [4.78, 5) is 37.9. The largest absolute Gasteiger partial charge is 0.508 e. The number of fused-ring (bicyclic) bond motifs is 2. The number of aromatic nitrogens is 2. The van der Waals surface area contributed by atoms with Gasteiger partial charge in [0.15, 0.2) is 11.7 Å². The molecule has 0 spiro atoms. The number of carbonyl (C=O) groups excluding carboxylic acids is 2. The van der Waals surface area contributed by atoms with Crippen molar-refractivity contribution in [3.05, 3.63) is 129 Å². The lowest BCUT2D eigenvalue weighted by molar-refractivity contribution is 0.0951. The summed E-state index contributed by atoms with van der Waals surface area (Å²) >= 11 is 6.17. The second kappa shape index (κ2) is 14.1. The number of hydrogen-bond acceptors (Lipinski definition) is 9. The van der Waals surface area contributed by atoms with E-state index in [9.17, 15) is 29.7 Å². The van der Waals surface area contributed by atoms with Crippen LogP contribution >= 0.6 is 11.6 Å². The maximum Gasteiger partial charge on any atom is 0.251 e. The molecule has 12 heteroatoms. The van der Waals surface area contributed by atoms with E-state index in [1.807, 2.05) is 31.2 Å². The van der Waals surface area contributed by atoms with Crippen LogP contribution in [0.3, 0.4) is 0 Å². The minimum Gasteiger partial charge on any atom is -0.508 e. The summed E-state index contributed by atoms with van der Waals surface area (Å²) in [7, 11) is 0. The van der Waals surface area contributed by atoms with Gasteiger partial charge >= 0.3 is 0 Å². The zero-order valence-electron chi connectivity index (χ0n) is 27.7. The standard InChI is InChI=1S/C40H31ClN4O7/c1-2-42-19-32-37(39(45-44-32)30-16-31(41)34(50)17-33(30)49)22-5-3-21(4-6-22)18-43-40(51)23-7-10-27(24(13-23)20-46)38-28-11-8-25(47)14-35(28)52-36-15-26(48)9-12-29(36)38/h3-17,20,42,47,49-50H,2,18-19H2,1H3,(H,43,51)(H,44,45). The molecule has 0 atom stereocenters. The van der Waals surface area contributed by atoms with Crippen molar-refractivity contribution in [2.24, 2.45) is 0 Å². The van der Waals surface area contributed by atoms with Crippen LogP contribution < -0.4 is 16.1 Å². The van der Waals surface area contributed by atoms with Gasteiger partial charge in [0.2, 0.25) is 0 Å². The van der Waals surface area contributed by atoms with E-state index < -0.39 is 0 Å². The summed E-state index contributed by atoms with van der Waals surface area (Å²) in [6.45, 7) is 3.40. The molecule has 0 bridgehead atoms. The van der Waals surface area contributed by atoms with Gasteiger partial charge in [-0.1, -0.05) is 48.9 Å². The Morgan fingerprint density at radius 1 is 0.865 bits per heavy atom. The smallest absolute Gasteiger partial charge is 0.251 e. The molecule has 0 fully saturated rings. The fourth-order valence-corrected chi connectivity index (χ4v) is 6.42. The molecule has 1 amide bonds. The van der Waals surface area contributed by atoms with Crippen molar-refractivity contribution in [2.45, 2.75) is 20.0 Å². The molecule has 0 saturated carbocycles. The van der Waals surface area contributed by atoms with Crippen LogP contribution in [0.1, 0.15) is 38.9 Å². The van der Waals surface area contributed by atoms with Gasteiger partial charge in [0.1, 0.15) is 34.3 Å². The lowest BCUT2D eigenvalue weighted by Gasteiger charge is -2.17. The second-order valence-corrected chi connectivity index (χ2v) is 12.5. The van der Waals surface area contributed by atoms with Crippen molar-refractivity contribution in [3.8, 4) is 62.1 Å². The third-order valence-corrected chi connectivity index (χ3v) is 9.10. The van der Waals surface area contributed by atoms with E-state index in [1.165, 1.54) is 42.5 Å². The van der Waals surface area contributed by atoms with Gasteiger partial charge in [-0.15, -0.1) is 0 Å². The Hall–Kier alpha value is -6.43. The Morgan fingerprint density at radius 2 is 1.65 bits per heavy atom. The number of phenols is 3. The Labute approximate surface area is 301 Å². The second-order valence-electron chi connectivity index (χ2n) is 12.1. The number of carbonyl (C=O) groups is 2. The molecule has 0 saturated heterocycles. The van der Waals surface area contributed by atoms with Gasteiger partial charge in [0.25, 0.3) is 5.91 Å². The van der Waals surface area contributed by atoms with E-state index in [0.717, 1.165) is 28.9 Å². The van der Waals surface area contributed by atoms with Crippen LogP contribution in [0.25, 0.3) is 55.8 Å². The normalized spacial score (nSPS) is 11.3. The lowest BCUT2D eigenvalue weighted by Crippen LogP contribution is -2.23. The van der Waals surface area contributed by atoms with Gasteiger partial charge in [0, 0.05) is 70.1 Å². The van der Waals surface area contributed by atoms with E-state index >= 15 is 0 Å². The number of hydrogen-bond donors (Lipinski definition) is 6. The number of aldehydes is 1. The third kappa shape index (κ3) is 6.46. The fraction of sp³-hybridized carbons (Fsp3) is 0.100. The molecule has 4 aromatic carbocycles. The number of benzene rings is 5. The van der Waals surface area contributed by atoms with Gasteiger partial charge in [-0.25, -0.2) is 0 Å². The Balaban J connectivity index is 1.15. The maximum absolute atomic E-state index is 13.3. The van der Waals surface area contributed by atoms with Crippen LogP contribution in [0, 0.1) is 0 Å².